The number of ether oxygens (including phenoxy) is 1. The Morgan fingerprint density at radius 1 is 1.21 bits per heavy atom. The molecular formula is C16H22N6O2. The van der Waals surface area contributed by atoms with Crippen molar-refractivity contribution in [3.8, 4) is 5.75 Å². The Labute approximate surface area is 141 Å². The van der Waals surface area contributed by atoms with Gasteiger partial charge in [-0.1, -0.05) is 12.1 Å². The number of aromatic nitrogens is 4. The van der Waals surface area contributed by atoms with Gasteiger partial charge in [0.15, 0.2) is 0 Å². The molecule has 1 aromatic carbocycles. The minimum atomic E-state index is 0.101. The lowest BCUT2D eigenvalue weighted by Gasteiger charge is -2.34. The third-order valence-electron chi connectivity index (χ3n) is 4.23. The number of carbonyl (C=O) groups is 1. The van der Waals surface area contributed by atoms with Crippen LogP contribution >= 0.6 is 0 Å². The Bertz CT molecular complexity index is 701. The van der Waals surface area contributed by atoms with Crippen molar-refractivity contribution in [1.29, 1.82) is 0 Å². The predicted octanol–water partition coefficient (Wildman–Crippen LogP) is 0.729. The molecule has 2 aromatic rings. The van der Waals surface area contributed by atoms with Crippen LogP contribution in [0.4, 0.5) is 5.69 Å². The summed E-state index contributed by atoms with van der Waals surface area (Å²) >= 11 is 0. The van der Waals surface area contributed by atoms with Gasteiger partial charge < -0.3 is 9.64 Å². The van der Waals surface area contributed by atoms with E-state index in [0.29, 0.717) is 13.1 Å². The van der Waals surface area contributed by atoms with Crippen molar-refractivity contribution in [2.24, 2.45) is 0 Å². The highest BCUT2D eigenvalue weighted by atomic mass is 16.5. The smallest absolute Gasteiger partial charge is 0.241 e. The van der Waals surface area contributed by atoms with Gasteiger partial charge in [-0.2, -0.15) is 0 Å². The lowest BCUT2D eigenvalue weighted by molar-refractivity contribution is -0.121. The third-order valence-corrected chi connectivity index (χ3v) is 4.23. The number of amides is 1. The van der Waals surface area contributed by atoms with E-state index in [2.05, 4.69) is 20.4 Å². The van der Waals surface area contributed by atoms with Crippen molar-refractivity contribution in [2.75, 3.05) is 38.2 Å². The van der Waals surface area contributed by atoms with E-state index >= 15 is 0 Å². The SMILES string of the molecule is COc1ccccc1N1CCN(CCCn2nnnc2C)CC1=O. The lowest BCUT2D eigenvalue weighted by atomic mass is 10.2. The van der Waals surface area contributed by atoms with E-state index in [-0.39, 0.29) is 5.91 Å². The van der Waals surface area contributed by atoms with Crippen LogP contribution in [0.1, 0.15) is 12.2 Å². The van der Waals surface area contributed by atoms with Gasteiger partial charge in [0, 0.05) is 26.2 Å². The first-order chi connectivity index (χ1) is 11.7. The van der Waals surface area contributed by atoms with Crippen molar-refractivity contribution in [3.63, 3.8) is 0 Å². The first-order valence-corrected chi connectivity index (χ1v) is 8.07. The maximum Gasteiger partial charge on any atom is 0.241 e. The first-order valence-electron chi connectivity index (χ1n) is 8.07. The molecule has 0 saturated carbocycles. The normalized spacial score (nSPS) is 15.8. The average Bonchev–Trinajstić information content (AvgIpc) is 3.00. The number of para-hydroxylation sites is 2. The molecule has 2 heterocycles. The van der Waals surface area contributed by atoms with Gasteiger partial charge in [0.2, 0.25) is 5.91 Å². The fourth-order valence-corrected chi connectivity index (χ4v) is 2.92. The Morgan fingerprint density at radius 2 is 2.04 bits per heavy atom. The first kappa shape index (κ1) is 16.4. The van der Waals surface area contributed by atoms with Crippen LogP contribution in [0.2, 0.25) is 0 Å². The largest absolute Gasteiger partial charge is 0.495 e. The van der Waals surface area contributed by atoms with E-state index in [0.717, 1.165) is 43.3 Å². The number of tetrazole rings is 1. The highest BCUT2D eigenvalue weighted by Crippen LogP contribution is 2.28. The second-order valence-corrected chi connectivity index (χ2v) is 5.80. The quantitative estimate of drug-likeness (QED) is 0.777. The van der Waals surface area contributed by atoms with E-state index in [9.17, 15) is 4.79 Å². The second-order valence-electron chi connectivity index (χ2n) is 5.80. The predicted molar refractivity (Wildman–Crippen MR) is 89.0 cm³/mol. The highest BCUT2D eigenvalue weighted by molar-refractivity contribution is 5.96. The van der Waals surface area contributed by atoms with E-state index in [1.54, 1.807) is 16.7 Å². The zero-order valence-electron chi connectivity index (χ0n) is 14.1. The van der Waals surface area contributed by atoms with E-state index in [1.807, 2.05) is 31.2 Å². The van der Waals surface area contributed by atoms with Gasteiger partial charge in [-0.05, 0) is 35.9 Å². The molecule has 8 nitrogen and oxygen atoms in total. The van der Waals surface area contributed by atoms with Crippen LogP contribution in [-0.4, -0.2) is 64.3 Å². The maximum atomic E-state index is 12.5. The molecule has 0 bridgehead atoms. The lowest BCUT2D eigenvalue weighted by Crippen LogP contribution is -2.50. The number of carbonyl (C=O) groups excluding carboxylic acids is 1. The molecule has 0 aliphatic carbocycles. The van der Waals surface area contributed by atoms with Crippen molar-refractivity contribution in [1.82, 2.24) is 25.1 Å². The number of rotatable bonds is 6. The van der Waals surface area contributed by atoms with E-state index in [4.69, 9.17) is 4.74 Å². The van der Waals surface area contributed by atoms with Crippen LogP contribution in [0.25, 0.3) is 0 Å². The number of benzene rings is 1. The molecule has 0 radical (unpaired) electrons. The minimum absolute atomic E-state index is 0.101. The molecule has 0 unspecified atom stereocenters. The topological polar surface area (TPSA) is 76.4 Å². The molecule has 0 atom stereocenters. The third kappa shape index (κ3) is 3.53. The van der Waals surface area contributed by atoms with Crippen LogP contribution in [0.5, 0.6) is 5.75 Å². The number of hydrogen-bond donors (Lipinski definition) is 0. The molecule has 3 rings (SSSR count). The molecule has 1 aliphatic heterocycles. The monoisotopic (exact) mass is 330 g/mol. The molecule has 1 fully saturated rings. The molecule has 24 heavy (non-hydrogen) atoms. The minimum Gasteiger partial charge on any atom is -0.495 e. The van der Waals surface area contributed by atoms with Crippen LogP contribution in [0.15, 0.2) is 24.3 Å². The van der Waals surface area contributed by atoms with E-state index in [1.165, 1.54) is 0 Å². The number of nitrogens with zero attached hydrogens (tertiary/aromatic N) is 6. The summed E-state index contributed by atoms with van der Waals surface area (Å²) < 4.78 is 7.15. The Kier molecular flexibility index (Phi) is 5.05. The van der Waals surface area contributed by atoms with Gasteiger partial charge in [0.1, 0.15) is 11.6 Å². The van der Waals surface area contributed by atoms with Gasteiger partial charge in [0.25, 0.3) is 0 Å². The van der Waals surface area contributed by atoms with Gasteiger partial charge in [0.05, 0.1) is 19.3 Å². The fourth-order valence-electron chi connectivity index (χ4n) is 2.92. The zero-order chi connectivity index (χ0) is 16.9. The molecule has 128 valence electrons. The summed E-state index contributed by atoms with van der Waals surface area (Å²) in [5.74, 6) is 1.64. The van der Waals surface area contributed by atoms with Gasteiger partial charge in [-0.15, -0.1) is 5.10 Å². The summed E-state index contributed by atoms with van der Waals surface area (Å²) in [6.07, 6.45) is 0.911. The number of methoxy groups -OCH3 is 1. The summed E-state index contributed by atoms with van der Waals surface area (Å²) in [7, 11) is 1.63. The molecule has 0 N–H and O–H groups in total. The van der Waals surface area contributed by atoms with Crippen LogP contribution in [0, 0.1) is 6.92 Å². The van der Waals surface area contributed by atoms with Crippen molar-refractivity contribution in [2.45, 2.75) is 19.9 Å². The summed E-state index contributed by atoms with van der Waals surface area (Å²) in [6.45, 7) is 5.44. The molecular weight excluding hydrogens is 308 g/mol. The Morgan fingerprint density at radius 3 is 2.75 bits per heavy atom. The van der Waals surface area contributed by atoms with E-state index < -0.39 is 0 Å². The molecule has 1 aliphatic rings. The Balaban J connectivity index is 1.53. The summed E-state index contributed by atoms with van der Waals surface area (Å²) in [5.41, 5.74) is 0.842. The number of hydrogen-bond acceptors (Lipinski definition) is 6. The van der Waals surface area contributed by atoms with Crippen LogP contribution in [0.3, 0.4) is 0 Å². The standard InChI is InChI=1S/C16H22N6O2/c1-13-17-18-19-22(13)9-5-8-20-10-11-21(16(23)12-20)14-6-3-4-7-15(14)24-2/h3-4,6-7H,5,8-12H2,1-2H3. The van der Waals surface area contributed by atoms with Crippen molar-refractivity contribution >= 4 is 11.6 Å². The van der Waals surface area contributed by atoms with Gasteiger partial charge in [-0.3, -0.25) is 9.69 Å². The highest BCUT2D eigenvalue weighted by Gasteiger charge is 2.26. The number of piperazine rings is 1. The average molecular weight is 330 g/mol. The fraction of sp³-hybridized carbons (Fsp3) is 0.500. The zero-order valence-corrected chi connectivity index (χ0v) is 14.1. The molecule has 0 spiro atoms. The molecule has 1 aromatic heterocycles. The summed E-state index contributed by atoms with van der Waals surface area (Å²) in [5, 5.41) is 11.4. The van der Waals surface area contributed by atoms with Crippen LogP contribution < -0.4 is 9.64 Å². The number of anilines is 1. The summed E-state index contributed by atoms with van der Waals surface area (Å²) in [6, 6.07) is 7.63. The Hall–Kier alpha value is -2.48. The maximum absolute atomic E-state index is 12.5. The van der Waals surface area contributed by atoms with Crippen molar-refractivity contribution in [3.05, 3.63) is 30.1 Å². The molecule has 1 amide bonds. The second kappa shape index (κ2) is 7.39. The molecule has 1 saturated heterocycles. The van der Waals surface area contributed by atoms with Crippen molar-refractivity contribution < 1.29 is 9.53 Å². The van der Waals surface area contributed by atoms with Gasteiger partial charge >= 0.3 is 0 Å². The van der Waals surface area contributed by atoms with Crippen LogP contribution in [-0.2, 0) is 11.3 Å². The number of aryl methyl sites for hydroxylation is 2. The van der Waals surface area contributed by atoms with Gasteiger partial charge in [-0.25, -0.2) is 4.68 Å². The molecule has 8 heteroatoms. The summed E-state index contributed by atoms with van der Waals surface area (Å²) in [4.78, 5) is 16.5.